The molecule has 1 unspecified atom stereocenters. The molecule has 1 fully saturated rings. The molecule has 0 radical (unpaired) electrons. The molecule has 0 bridgehead atoms. The molecule has 3 heterocycles. The lowest BCUT2D eigenvalue weighted by Gasteiger charge is -2.25. The molecule has 1 aromatic carbocycles. The molecule has 0 saturated carbocycles. The zero-order chi connectivity index (χ0) is 16.0. The number of rotatable bonds is 2. The Morgan fingerprint density at radius 2 is 2.09 bits per heavy atom. The molecule has 23 heavy (non-hydrogen) atoms. The van der Waals surface area contributed by atoms with Crippen molar-refractivity contribution in [3.63, 3.8) is 0 Å². The Morgan fingerprint density at radius 3 is 2.87 bits per heavy atom. The molecule has 2 N–H and O–H groups in total. The van der Waals surface area contributed by atoms with Crippen LogP contribution in [0.2, 0.25) is 0 Å². The number of aromatic amines is 1. The summed E-state index contributed by atoms with van der Waals surface area (Å²) < 4.78 is 0. The van der Waals surface area contributed by atoms with Gasteiger partial charge in [-0.05, 0) is 25.0 Å². The lowest BCUT2D eigenvalue weighted by atomic mass is 10.00. The number of aliphatic hydroxyl groups is 1. The van der Waals surface area contributed by atoms with Crippen LogP contribution >= 0.6 is 0 Å². The topological polar surface area (TPSA) is 77.9 Å². The van der Waals surface area contributed by atoms with E-state index in [9.17, 15) is 5.11 Å². The second kappa shape index (κ2) is 5.03. The van der Waals surface area contributed by atoms with E-state index in [1.165, 1.54) is 0 Å². The number of aryl methyl sites for hydroxylation is 2. The summed E-state index contributed by atoms with van der Waals surface area (Å²) in [5, 5.41) is 22.5. The molecule has 0 spiro atoms. The van der Waals surface area contributed by atoms with Crippen molar-refractivity contribution in [2.75, 3.05) is 18.0 Å². The fourth-order valence-electron chi connectivity index (χ4n) is 3.50. The molecule has 0 aliphatic carbocycles. The Hall–Kier alpha value is -2.47. The molecule has 1 aliphatic rings. The van der Waals surface area contributed by atoms with Crippen molar-refractivity contribution in [1.82, 2.24) is 20.4 Å². The Balaban J connectivity index is 1.79. The lowest BCUT2D eigenvalue weighted by Crippen LogP contribution is -2.31. The summed E-state index contributed by atoms with van der Waals surface area (Å²) >= 11 is 0. The summed E-state index contributed by atoms with van der Waals surface area (Å²) in [5.74, 6) is 0. The van der Waals surface area contributed by atoms with Gasteiger partial charge >= 0.3 is 0 Å². The molecule has 6 nitrogen and oxygen atoms in total. The molecule has 3 aromatic rings. The number of nitrogens with zero attached hydrogens (tertiary/aromatic N) is 4. The third kappa shape index (κ3) is 2.17. The van der Waals surface area contributed by atoms with Gasteiger partial charge in [-0.25, -0.2) is 0 Å². The molecule has 4 rings (SSSR count). The molecule has 6 heteroatoms. The highest BCUT2D eigenvalue weighted by Crippen LogP contribution is 2.38. The van der Waals surface area contributed by atoms with Crippen LogP contribution in [-0.2, 0) is 5.60 Å². The van der Waals surface area contributed by atoms with E-state index < -0.39 is 5.60 Å². The summed E-state index contributed by atoms with van der Waals surface area (Å²) in [5.41, 5.74) is 4.09. The van der Waals surface area contributed by atoms with Crippen LogP contribution < -0.4 is 4.90 Å². The Labute approximate surface area is 134 Å². The van der Waals surface area contributed by atoms with Gasteiger partial charge in [0.05, 0.1) is 23.9 Å². The number of β-amino-alcohol motifs (C(OH)–C–C–N with tert-alkyl or cyclic N) is 1. The summed E-state index contributed by atoms with van der Waals surface area (Å²) in [6.07, 6.45) is 4.15. The minimum Gasteiger partial charge on any atom is -0.381 e. The predicted molar refractivity (Wildman–Crippen MR) is 88.3 cm³/mol. The Kier molecular flexibility index (Phi) is 3.09. The highest BCUT2D eigenvalue weighted by molar-refractivity contribution is 5.95. The second-order valence-corrected chi connectivity index (χ2v) is 6.32. The van der Waals surface area contributed by atoms with Crippen LogP contribution in [0.3, 0.4) is 0 Å². The quantitative estimate of drug-likeness (QED) is 0.757. The van der Waals surface area contributed by atoms with Crippen LogP contribution in [0.25, 0.3) is 10.9 Å². The number of para-hydroxylation sites is 1. The first-order valence-corrected chi connectivity index (χ1v) is 7.77. The number of nitrogens with one attached hydrogen (secondary N) is 1. The largest absolute Gasteiger partial charge is 0.381 e. The van der Waals surface area contributed by atoms with Crippen LogP contribution in [0.4, 0.5) is 5.69 Å². The molecule has 1 atom stereocenters. The van der Waals surface area contributed by atoms with Crippen molar-refractivity contribution in [3.8, 4) is 0 Å². The molecule has 1 saturated heterocycles. The summed E-state index contributed by atoms with van der Waals surface area (Å²) in [6.45, 7) is 5.42. The average molecular weight is 309 g/mol. The third-order valence-corrected chi connectivity index (χ3v) is 4.71. The van der Waals surface area contributed by atoms with E-state index in [0.717, 1.165) is 34.3 Å². The van der Waals surface area contributed by atoms with Crippen LogP contribution in [-0.4, -0.2) is 38.6 Å². The number of benzene rings is 1. The maximum Gasteiger partial charge on any atom is 0.129 e. The van der Waals surface area contributed by atoms with Gasteiger partial charge in [0.25, 0.3) is 0 Å². The molecular weight excluding hydrogens is 290 g/mol. The van der Waals surface area contributed by atoms with Crippen molar-refractivity contribution < 1.29 is 5.11 Å². The number of aromatic nitrogens is 4. The minimum atomic E-state index is -0.959. The smallest absolute Gasteiger partial charge is 0.129 e. The van der Waals surface area contributed by atoms with Gasteiger partial charge in [0, 0.05) is 24.5 Å². The van der Waals surface area contributed by atoms with Crippen LogP contribution in [0.1, 0.15) is 23.2 Å². The summed E-state index contributed by atoms with van der Waals surface area (Å²) in [4.78, 5) is 6.81. The van der Waals surface area contributed by atoms with Gasteiger partial charge in [-0.1, -0.05) is 18.2 Å². The van der Waals surface area contributed by atoms with E-state index >= 15 is 0 Å². The van der Waals surface area contributed by atoms with Crippen molar-refractivity contribution >= 4 is 16.6 Å². The molecular formula is C17H19N5O. The predicted octanol–water partition coefficient (Wildman–Crippen LogP) is 2.07. The van der Waals surface area contributed by atoms with Gasteiger partial charge in [-0.15, -0.1) is 0 Å². The Morgan fingerprint density at radius 1 is 1.22 bits per heavy atom. The van der Waals surface area contributed by atoms with Gasteiger partial charge in [0.2, 0.25) is 0 Å². The molecule has 0 amide bonds. The molecule has 1 aliphatic heterocycles. The first-order valence-electron chi connectivity index (χ1n) is 7.77. The van der Waals surface area contributed by atoms with Crippen LogP contribution in [0.5, 0.6) is 0 Å². The molecule has 2 aromatic heterocycles. The highest BCUT2D eigenvalue weighted by Gasteiger charge is 2.40. The summed E-state index contributed by atoms with van der Waals surface area (Å²) in [6, 6.07) is 6.23. The van der Waals surface area contributed by atoms with Gasteiger partial charge in [0.1, 0.15) is 11.3 Å². The van der Waals surface area contributed by atoms with Crippen LogP contribution in [0, 0.1) is 13.8 Å². The standard InChI is InChI=1S/C17H19N5O/c1-11-4-3-5-13-15(11)18-8-12(2)16(13)22-7-6-17(23,10-22)14-9-19-21-20-14/h3-5,8-9,23H,6-7,10H2,1-2H3,(H,19,20,21). The monoisotopic (exact) mass is 309 g/mol. The number of anilines is 1. The zero-order valence-corrected chi connectivity index (χ0v) is 13.2. The van der Waals surface area contributed by atoms with Crippen molar-refractivity contribution in [2.45, 2.75) is 25.9 Å². The maximum atomic E-state index is 10.9. The van der Waals surface area contributed by atoms with Gasteiger partial charge in [0.15, 0.2) is 0 Å². The maximum absolute atomic E-state index is 10.9. The van der Waals surface area contributed by atoms with Crippen molar-refractivity contribution in [2.24, 2.45) is 0 Å². The third-order valence-electron chi connectivity index (χ3n) is 4.71. The number of H-pyrrole nitrogens is 1. The number of pyridine rings is 1. The Bertz CT molecular complexity index is 861. The van der Waals surface area contributed by atoms with E-state index in [1.807, 2.05) is 6.20 Å². The fraction of sp³-hybridized carbons (Fsp3) is 0.353. The zero-order valence-electron chi connectivity index (χ0n) is 13.2. The first kappa shape index (κ1) is 14.1. The first-order chi connectivity index (χ1) is 11.1. The fourth-order valence-corrected chi connectivity index (χ4v) is 3.50. The average Bonchev–Trinajstić information content (AvgIpc) is 3.18. The number of fused-ring (bicyclic) bond motifs is 1. The van der Waals surface area contributed by atoms with Crippen molar-refractivity contribution in [3.05, 3.63) is 47.4 Å². The van der Waals surface area contributed by atoms with E-state index in [0.29, 0.717) is 18.7 Å². The van der Waals surface area contributed by atoms with Crippen LogP contribution in [0.15, 0.2) is 30.6 Å². The van der Waals surface area contributed by atoms with E-state index in [2.05, 4.69) is 57.3 Å². The molecule has 118 valence electrons. The normalized spacial score (nSPS) is 21.3. The number of hydrogen-bond acceptors (Lipinski definition) is 5. The van der Waals surface area contributed by atoms with Gasteiger partial charge in [-0.2, -0.15) is 15.4 Å². The lowest BCUT2D eigenvalue weighted by molar-refractivity contribution is 0.0560. The number of hydrogen-bond donors (Lipinski definition) is 2. The van der Waals surface area contributed by atoms with E-state index in [4.69, 9.17) is 0 Å². The highest BCUT2D eigenvalue weighted by atomic mass is 16.3. The minimum absolute atomic E-state index is 0.507. The van der Waals surface area contributed by atoms with Gasteiger partial charge in [-0.3, -0.25) is 4.98 Å². The summed E-state index contributed by atoms with van der Waals surface area (Å²) in [7, 11) is 0. The van der Waals surface area contributed by atoms with Crippen molar-refractivity contribution in [1.29, 1.82) is 0 Å². The second-order valence-electron chi connectivity index (χ2n) is 6.32. The van der Waals surface area contributed by atoms with E-state index in [1.54, 1.807) is 6.20 Å². The SMILES string of the molecule is Cc1cnc2c(C)cccc2c1N1CCC(O)(c2cn[nH]n2)C1. The van der Waals surface area contributed by atoms with E-state index in [-0.39, 0.29) is 0 Å². The van der Waals surface area contributed by atoms with Gasteiger partial charge < -0.3 is 10.0 Å².